The molecule has 2 aliphatic rings. The summed E-state index contributed by atoms with van der Waals surface area (Å²) in [4.78, 5) is 25.7. The van der Waals surface area contributed by atoms with Crippen molar-refractivity contribution in [1.82, 2.24) is 15.5 Å². The number of H-pyrrole nitrogens is 1. The number of carbonyl (C=O) groups is 1. The molecule has 1 saturated heterocycles. The summed E-state index contributed by atoms with van der Waals surface area (Å²) in [5, 5.41) is 17.3. The molecule has 2 aliphatic heterocycles. The third-order valence-corrected chi connectivity index (χ3v) is 4.84. The smallest absolute Gasteiger partial charge is 0.285 e. The number of carbonyl (C=O) groups excluding carboxylic acids is 1. The quantitative estimate of drug-likeness (QED) is 0.717. The summed E-state index contributed by atoms with van der Waals surface area (Å²) < 4.78 is 0. The number of terminal acetylenes is 1. The molecule has 0 radical (unpaired) electrons. The summed E-state index contributed by atoms with van der Waals surface area (Å²) in [6.07, 6.45) is 9.82. The summed E-state index contributed by atoms with van der Waals surface area (Å²) in [5.74, 6) is 2.54. The monoisotopic (exact) mass is 362 g/mol. The molecule has 25 heavy (non-hydrogen) atoms. The molecule has 3 heterocycles. The van der Waals surface area contributed by atoms with E-state index in [9.17, 15) is 9.59 Å². The van der Waals surface area contributed by atoms with Crippen LogP contribution < -0.4 is 15.8 Å². The fourth-order valence-corrected chi connectivity index (χ4v) is 3.18. The largest absolute Gasteiger partial charge is 0.367 e. The maximum Gasteiger partial charge on any atom is 0.285 e. The van der Waals surface area contributed by atoms with Gasteiger partial charge in [0.15, 0.2) is 5.66 Å². The Hall–Kier alpha value is -2.40. The van der Waals surface area contributed by atoms with Crippen LogP contribution in [0.2, 0.25) is 5.02 Å². The van der Waals surface area contributed by atoms with E-state index in [1.54, 1.807) is 0 Å². The van der Waals surface area contributed by atoms with Gasteiger partial charge in [0.2, 0.25) is 5.91 Å². The van der Waals surface area contributed by atoms with Crippen LogP contribution in [0.25, 0.3) is 0 Å². The van der Waals surface area contributed by atoms with E-state index in [1.807, 2.05) is 4.90 Å². The molecule has 0 saturated carbocycles. The molecule has 9 heteroatoms. The van der Waals surface area contributed by atoms with E-state index in [4.69, 9.17) is 18.0 Å². The van der Waals surface area contributed by atoms with Crippen molar-refractivity contribution in [2.45, 2.75) is 43.8 Å². The number of halogens is 1. The second kappa shape index (κ2) is 7.23. The van der Waals surface area contributed by atoms with Crippen LogP contribution in [0, 0.1) is 12.3 Å². The first-order chi connectivity index (χ1) is 12.0. The van der Waals surface area contributed by atoms with Crippen LogP contribution in [0.1, 0.15) is 32.1 Å². The van der Waals surface area contributed by atoms with Crippen molar-refractivity contribution < 1.29 is 4.79 Å². The average Bonchev–Trinajstić information content (AvgIpc) is 3.23. The first-order valence-corrected chi connectivity index (χ1v) is 8.56. The maximum atomic E-state index is 12.2. The summed E-state index contributed by atoms with van der Waals surface area (Å²) in [6.45, 7) is 1.29. The lowest BCUT2D eigenvalue weighted by Gasteiger charge is -2.19. The molecule has 0 aromatic carbocycles. The van der Waals surface area contributed by atoms with E-state index in [0.29, 0.717) is 44.5 Å². The Morgan fingerprint density at radius 3 is 3.04 bits per heavy atom. The van der Waals surface area contributed by atoms with E-state index >= 15 is 0 Å². The molecule has 1 atom stereocenters. The summed E-state index contributed by atoms with van der Waals surface area (Å²) in [5.41, 5.74) is -0.262. The van der Waals surface area contributed by atoms with Crippen LogP contribution in [0.3, 0.4) is 0 Å². The molecular weight excluding hydrogens is 344 g/mol. The zero-order valence-electron chi connectivity index (χ0n) is 13.7. The Morgan fingerprint density at radius 1 is 1.52 bits per heavy atom. The molecule has 1 unspecified atom stereocenters. The summed E-state index contributed by atoms with van der Waals surface area (Å²) in [7, 11) is 0. The number of amides is 1. The lowest BCUT2D eigenvalue weighted by molar-refractivity contribution is -0.121. The molecule has 1 fully saturated rings. The Labute approximate surface area is 150 Å². The molecule has 132 valence electrons. The van der Waals surface area contributed by atoms with Crippen molar-refractivity contribution >= 4 is 23.2 Å². The minimum Gasteiger partial charge on any atom is -0.367 e. The molecule has 2 N–H and O–H groups in total. The highest BCUT2D eigenvalue weighted by molar-refractivity contribution is 6.33. The topological polar surface area (TPSA) is 103 Å². The normalized spacial score (nSPS) is 20.3. The third kappa shape index (κ3) is 4.17. The summed E-state index contributed by atoms with van der Waals surface area (Å²) >= 11 is 6.03. The second-order valence-electron chi connectivity index (χ2n) is 6.28. The van der Waals surface area contributed by atoms with E-state index in [1.165, 1.54) is 6.20 Å². The minimum absolute atomic E-state index is 0.0117. The van der Waals surface area contributed by atoms with Gasteiger partial charge >= 0.3 is 0 Å². The number of hydrogen-bond donors (Lipinski definition) is 2. The summed E-state index contributed by atoms with van der Waals surface area (Å²) in [6, 6.07) is 0.0117. The highest BCUT2D eigenvalue weighted by Crippen LogP contribution is 2.37. The molecule has 1 aromatic heterocycles. The lowest BCUT2D eigenvalue weighted by Crippen LogP contribution is -2.37. The number of hydrogen-bond acceptors (Lipinski definition) is 6. The lowest BCUT2D eigenvalue weighted by atomic mass is 10.0. The second-order valence-corrected chi connectivity index (χ2v) is 6.66. The van der Waals surface area contributed by atoms with Gasteiger partial charge in [-0.05, 0) is 6.42 Å². The van der Waals surface area contributed by atoms with Gasteiger partial charge in [0, 0.05) is 44.8 Å². The first kappa shape index (κ1) is 17.4. The Bertz CT molecular complexity index is 778. The van der Waals surface area contributed by atoms with Crippen molar-refractivity contribution in [2.24, 2.45) is 10.2 Å². The van der Waals surface area contributed by atoms with Crippen molar-refractivity contribution in [3.63, 3.8) is 0 Å². The molecule has 0 bridgehead atoms. The van der Waals surface area contributed by atoms with Gasteiger partial charge in [-0.25, -0.2) is 5.10 Å². The van der Waals surface area contributed by atoms with Crippen molar-refractivity contribution in [3.05, 3.63) is 21.6 Å². The third-order valence-electron chi connectivity index (χ3n) is 4.48. The number of aromatic amines is 1. The zero-order valence-corrected chi connectivity index (χ0v) is 14.4. The van der Waals surface area contributed by atoms with Gasteiger partial charge in [-0.2, -0.15) is 15.3 Å². The standard InChI is InChI=1S/C16H19ClN6O2/c1-2-3-6-16(21-22-16)7-4-13(24)19-11-5-8-23(10-11)12-9-18-20-15(25)14(12)17/h1,9,11H,3-8,10H2,(H,19,24)(H,20,25). The zero-order chi connectivity index (χ0) is 17.9. The molecular formula is C16H19ClN6O2. The maximum absolute atomic E-state index is 12.2. The van der Waals surface area contributed by atoms with E-state index in [0.717, 1.165) is 6.42 Å². The SMILES string of the molecule is C#CCCC1(CCC(=O)NC2CCN(c3cn[nH]c(=O)c3Cl)C2)N=N1. The molecule has 8 nitrogen and oxygen atoms in total. The Balaban J connectivity index is 1.47. The van der Waals surface area contributed by atoms with E-state index in [2.05, 4.69) is 31.7 Å². The number of nitrogens with one attached hydrogen (secondary N) is 2. The Kier molecular flexibility index (Phi) is 5.04. The van der Waals surface area contributed by atoms with E-state index < -0.39 is 11.2 Å². The predicted molar refractivity (Wildman–Crippen MR) is 93.5 cm³/mol. The van der Waals surface area contributed by atoms with Gasteiger partial charge < -0.3 is 10.2 Å². The molecule has 0 spiro atoms. The van der Waals surface area contributed by atoms with Gasteiger partial charge in [-0.1, -0.05) is 11.6 Å². The van der Waals surface area contributed by atoms with Crippen LogP contribution in [-0.4, -0.2) is 40.9 Å². The predicted octanol–water partition coefficient (Wildman–Crippen LogP) is 1.47. The fraction of sp³-hybridized carbons (Fsp3) is 0.562. The molecule has 1 amide bonds. The van der Waals surface area contributed by atoms with Crippen LogP contribution in [0.15, 0.2) is 21.2 Å². The number of aromatic nitrogens is 2. The van der Waals surface area contributed by atoms with Crippen LogP contribution in [0.4, 0.5) is 5.69 Å². The Morgan fingerprint density at radius 2 is 2.32 bits per heavy atom. The van der Waals surface area contributed by atoms with Crippen LogP contribution in [-0.2, 0) is 4.79 Å². The van der Waals surface area contributed by atoms with Gasteiger partial charge in [0.1, 0.15) is 5.02 Å². The van der Waals surface area contributed by atoms with Crippen molar-refractivity contribution in [1.29, 1.82) is 0 Å². The average molecular weight is 363 g/mol. The number of anilines is 1. The van der Waals surface area contributed by atoms with Crippen LogP contribution >= 0.6 is 11.6 Å². The minimum atomic E-state index is -0.435. The molecule has 3 rings (SSSR count). The fourth-order valence-electron chi connectivity index (χ4n) is 2.97. The van der Waals surface area contributed by atoms with Crippen molar-refractivity contribution in [3.8, 4) is 12.3 Å². The number of rotatable bonds is 7. The van der Waals surface area contributed by atoms with Crippen molar-refractivity contribution in [2.75, 3.05) is 18.0 Å². The van der Waals surface area contributed by atoms with Crippen LogP contribution in [0.5, 0.6) is 0 Å². The van der Waals surface area contributed by atoms with Gasteiger partial charge in [0.05, 0.1) is 11.9 Å². The number of nitrogens with zero attached hydrogens (tertiary/aromatic N) is 4. The highest BCUT2D eigenvalue weighted by Gasteiger charge is 2.39. The van der Waals surface area contributed by atoms with E-state index in [-0.39, 0.29) is 17.0 Å². The first-order valence-electron chi connectivity index (χ1n) is 8.18. The van der Waals surface area contributed by atoms with Gasteiger partial charge in [-0.3, -0.25) is 9.59 Å². The molecule has 0 aliphatic carbocycles. The molecule has 1 aromatic rings. The van der Waals surface area contributed by atoms with Gasteiger partial charge in [0.25, 0.3) is 5.56 Å². The van der Waals surface area contributed by atoms with Gasteiger partial charge in [-0.15, -0.1) is 12.3 Å². The highest BCUT2D eigenvalue weighted by atomic mass is 35.5.